The highest BCUT2D eigenvalue weighted by Crippen LogP contribution is 2.38. The van der Waals surface area contributed by atoms with Crippen LogP contribution in [0.15, 0.2) is 24.3 Å². The smallest absolute Gasteiger partial charge is 0.341 e. The molecule has 2 N–H and O–H groups in total. The number of thioether (sulfide) groups is 1. The minimum Gasteiger partial charge on any atom is -0.497 e. The monoisotopic (exact) mass is 462 g/mol. The minimum atomic E-state index is -0.385. The molecule has 0 unspecified atom stereocenters. The maximum atomic E-state index is 12.5. The highest BCUT2D eigenvalue weighted by atomic mass is 32.2. The van der Waals surface area contributed by atoms with Gasteiger partial charge in [0.05, 0.1) is 30.8 Å². The standard InChI is InChI=1S/C22H26N2O5S2/c1-3-29-22(27)20-16-6-4-5-7-17(16)31-21(20)24-19(26)13-30-12-18(25)23-14-8-10-15(28-2)11-9-14/h8-11H,3-7,12-13H2,1-2H3,(H,23,25)(H,24,26). The summed E-state index contributed by atoms with van der Waals surface area (Å²) in [6, 6.07) is 7.03. The molecule has 0 radical (unpaired) electrons. The number of anilines is 2. The van der Waals surface area contributed by atoms with Gasteiger partial charge in [0.2, 0.25) is 11.8 Å². The lowest BCUT2D eigenvalue weighted by atomic mass is 9.95. The fourth-order valence-electron chi connectivity index (χ4n) is 3.34. The Bertz CT molecular complexity index is 940. The Morgan fingerprint density at radius 2 is 1.71 bits per heavy atom. The average Bonchev–Trinajstić information content (AvgIpc) is 3.12. The molecule has 7 nitrogen and oxygen atoms in total. The molecule has 0 saturated heterocycles. The van der Waals surface area contributed by atoms with Gasteiger partial charge in [0.15, 0.2) is 0 Å². The van der Waals surface area contributed by atoms with E-state index in [4.69, 9.17) is 9.47 Å². The number of ether oxygens (including phenoxy) is 2. The quantitative estimate of drug-likeness (QED) is 0.545. The molecular formula is C22H26N2O5S2. The highest BCUT2D eigenvalue weighted by Gasteiger charge is 2.27. The molecule has 2 aromatic rings. The Morgan fingerprint density at radius 3 is 2.39 bits per heavy atom. The lowest BCUT2D eigenvalue weighted by Gasteiger charge is -2.12. The molecule has 0 saturated carbocycles. The molecule has 1 aliphatic carbocycles. The maximum Gasteiger partial charge on any atom is 0.341 e. The Labute approximate surface area is 189 Å². The Balaban J connectivity index is 1.53. The van der Waals surface area contributed by atoms with Gasteiger partial charge in [-0.15, -0.1) is 23.1 Å². The number of carbonyl (C=O) groups is 3. The van der Waals surface area contributed by atoms with Gasteiger partial charge in [0.1, 0.15) is 10.8 Å². The van der Waals surface area contributed by atoms with E-state index in [1.165, 1.54) is 23.1 Å². The second-order valence-corrected chi connectivity index (χ2v) is 9.04. The predicted octanol–water partition coefficient (Wildman–Crippen LogP) is 4.12. The third-order valence-electron chi connectivity index (χ3n) is 4.74. The summed E-state index contributed by atoms with van der Waals surface area (Å²) in [5.41, 5.74) is 2.17. The number of hydrogen-bond donors (Lipinski definition) is 2. The van der Waals surface area contributed by atoms with E-state index in [1.54, 1.807) is 38.3 Å². The van der Waals surface area contributed by atoms with Gasteiger partial charge >= 0.3 is 5.97 Å². The van der Waals surface area contributed by atoms with Crippen LogP contribution in [0.4, 0.5) is 10.7 Å². The van der Waals surface area contributed by atoms with Crippen LogP contribution >= 0.6 is 23.1 Å². The largest absolute Gasteiger partial charge is 0.497 e. The number of fused-ring (bicyclic) bond motifs is 1. The van der Waals surface area contributed by atoms with Crippen molar-refractivity contribution < 1.29 is 23.9 Å². The number of carbonyl (C=O) groups excluding carboxylic acids is 3. The summed E-state index contributed by atoms with van der Waals surface area (Å²) in [7, 11) is 1.58. The molecule has 1 aromatic heterocycles. The van der Waals surface area contributed by atoms with Gasteiger partial charge < -0.3 is 20.1 Å². The molecule has 0 fully saturated rings. The number of methoxy groups -OCH3 is 1. The topological polar surface area (TPSA) is 93.7 Å². The molecule has 1 aliphatic rings. The van der Waals surface area contributed by atoms with E-state index >= 15 is 0 Å². The third kappa shape index (κ3) is 6.24. The first-order valence-electron chi connectivity index (χ1n) is 10.1. The molecule has 0 atom stereocenters. The molecule has 1 aromatic carbocycles. The first-order chi connectivity index (χ1) is 15.0. The van der Waals surface area contributed by atoms with E-state index < -0.39 is 0 Å². The van der Waals surface area contributed by atoms with Gasteiger partial charge in [0, 0.05) is 10.6 Å². The average molecular weight is 463 g/mol. The number of rotatable bonds is 9. The van der Waals surface area contributed by atoms with E-state index in [0.29, 0.717) is 22.0 Å². The summed E-state index contributed by atoms with van der Waals surface area (Å²) in [6.45, 7) is 2.05. The number of nitrogens with one attached hydrogen (secondary N) is 2. The number of benzene rings is 1. The summed E-state index contributed by atoms with van der Waals surface area (Å²) in [5, 5.41) is 6.19. The zero-order chi connectivity index (χ0) is 22.2. The summed E-state index contributed by atoms with van der Waals surface area (Å²) in [4.78, 5) is 38.2. The molecule has 0 bridgehead atoms. The van der Waals surface area contributed by atoms with Crippen molar-refractivity contribution in [3.8, 4) is 5.75 Å². The van der Waals surface area contributed by atoms with E-state index in [2.05, 4.69) is 10.6 Å². The van der Waals surface area contributed by atoms with Crippen LogP contribution in [0.2, 0.25) is 0 Å². The van der Waals surface area contributed by atoms with Crippen LogP contribution in [-0.4, -0.2) is 43.0 Å². The predicted molar refractivity (Wildman–Crippen MR) is 124 cm³/mol. The van der Waals surface area contributed by atoms with Gasteiger partial charge in [-0.3, -0.25) is 9.59 Å². The summed E-state index contributed by atoms with van der Waals surface area (Å²) >= 11 is 2.67. The van der Waals surface area contributed by atoms with Crippen LogP contribution < -0.4 is 15.4 Å². The van der Waals surface area contributed by atoms with Crippen molar-refractivity contribution in [3.05, 3.63) is 40.3 Å². The number of hydrogen-bond acceptors (Lipinski definition) is 7. The fraction of sp³-hybridized carbons (Fsp3) is 0.409. The van der Waals surface area contributed by atoms with Crippen LogP contribution in [0.1, 0.15) is 40.6 Å². The Morgan fingerprint density at radius 1 is 1.03 bits per heavy atom. The Kier molecular flexibility index (Phi) is 8.36. The van der Waals surface area contributed by atoms with Crippen molar-refractivity contribution in [1.29, 1.82) is 0 Å². The molecule has 31 heavy (non-hydrogen) atoms. The van der Waals surface area contributed by atoms with Crippen molar-refractivity contribution in [2.24, 2.45) is 0 Å². The van der Waals surface area contributed by atoms with Crippen LogP contribution in [0.5, 0.6) is 5.75 Å². The number of amides is 2. The van der Waals surface area contributed by atoms with E-state index in [9.17, 15) is 14.4 Å². The number of aryl methyl sites for hydroxylation is 1. The lowest BCUT2D eigenvalue weighted by Crippen LogP contribution is -2.19. The molecule has 166 valence electrons. The Hall–Kier alpha value is -2.52. The van der Waals surface area contributed by atoms with Crippen molar-refractivity contribution in [2.75, 3.05) is 35.9 Å². The summed E-state index contributed by atoms with van der Waals surface area (Å²) < 4.78 is 10.3. The van der Waals surface area contributed by atoms with Gasteiger partial charge in [-0.05, 0) is 62.4 Å². The molecular weight excluding hydrogens is 436 g/mol. The van der Waals surface area contributed by atoms with Crippen molar-refractivity contribution in [1.82, 2.24) is 0 Å². The molecule has 3 rings (SSSR count). The van der Waals surface area contributed by atoms with Gasteiger partial charge in [-0.1, -0.05) is 0 Å². The zero-order valence-corrected chi connectivity index (χ0v) is 19.2. The molecule has 0 aliphatic heterocycles. The third-order valence-corrected chi connectivity index (χ3v) is 6.88. The first-order valence-corrected chi connectivity index (χ1v) is 12.1. The second-order valence-electron chi connectivity index (χ2n) is 6.95. The summed E-state index contributed by atoms with van der Waals surface area (Å²) in [5.74, 6) is 0.143. The van der Waals surface area contributed by atoms with Crippen molar-refractivity contribution in [2.45, 2.75) is 32.6 Å². The lowest BCUT2D eigenvalue weighted by molar-refractivity contribution is -0.114. The zero-order valence-electron chi connectivity index (χ0n) is 17.6. The van der Waals surface area contributed by atoms with Crippen LogP contribution in [0.3, 0.4) is 0 Å². The number of esters is 1. The van der Waals surface area contributed by atoms with Gasteiger partial charge in [-0.2, -0.15) is 0 Å². The van der Waals surface area contributed by atoms with Crippen molar-refractivity contribution >= 4 is 51.6 Å². The molecule has 9 heteroatoms. The molecule has 0 spiro atoms. The van der Waals surface area contributed by atoms with E-state index in [1.807, 2.05) is 0 Å². The molecule has 1 heterocycles. The minimum absolute atomic E-state index is 0.112. The highest BCUT2D eigenvalue weighted by molar-refractivity contribution is 8.00. The maximum absolute atomic E-state index is 12.5. The first kappa shape index (κ1) is 23.1. The normalized spacial score (nSPS) is 12.6. The fourth-order valence-corrected chi connectivity index (χ4v) is 5.25. The van der Waals surface area contributed by atoms with Gasteiger partial charge in [0.25, 0.3) is 0 Å². The van der Waals surface area contributed by atoms with E-state index in [0.717, 1.165) is 36.1 Å². The van der Waals surface area contributed by atoms with Crippen LogP contribution in [0, 0.1) is 0 Å². The van der Waals surface area contributed by atoms with Crippen LogP contribution in [-0.2, 0) is 27.2 Å². The second kappa shape index (κ2) is 11.2. The van der Waals surface area contributed by atoms with Crippen molar-refractivity contribution in [3.63, 3.8) is 0 Å². The number of thiophene rings is 1. The van der Waals surface area contributed by atoms with E-state index in [-0.39, 0.29) is 35.9 Å². The molecule has 2 amide bonds. The van der Waals surface area contributed by atoms with Crippen LogP contribution in [0.25, 0.3) is 0 Å². The SMILES string of the molecule is CCOC(=O)c1c(NC(=O)CSCC(=O)Nc2ccc(OC)cc2)sc2c1CCCC2. The summed E-state index contributed by atoms with van der Waals surface area (Å²) in [6.07, 6.45) is 3.86. The van der Waals surface area contributed by atoms with Gasteiger partial charge in [-0.25, -0.2) is 4.79 Å².